The minimum atomic E-state index is 0.314. The molecule has 0 fully saturated rings. The average molecular weight is 325 g/mol. The van der Waals surface area contributed by atoms with Crippen molar-refractivity contribution in [2.45, 2.75) is 29.6 Å². The maximum Gasteiger partial charge on any atom is 0.151 e. The van der Waals surface area contributed by atoms with Crippen molar-refractivity contribution in [2.24, 2.45) is 0 Å². The van der Waals surface area contributed by atoms with E-state index in [0.29, 0.717) is 27.8 Å². The minimum Gasteiger partial charge on any atom is -0.298 e. The Morgan fingerprint density at radius 2 is 1.70 bits per heavy atom. The molecule has 0 aliphatic carbocycles. The van der Waals surface area contributed by atoms with Crippen LogP contribution in [0.3, 0.4) is 0 Å². The third-order valence-corrected chi connectivity index (χ3v) is 5.13. The molecular formula is C16H14Cl2OS. The molecule has 2 rings (SSSR count). The fraction of sp³-hybridized carbons (Fsp3) is 0.188. The summed E-state index contributed by atoms with van der Waals surface area (Å²) in [6.45, 7) is 4.31. The number of benzene rings is 2. The molecule has 0 atom stereocenters. The van der Waals surface area contributed by atoms with Gasteiger partial charge in [0.1, 0.15) is 0 Å². The number of carbonyl (C=O) groups excluding carboxylic acids is 1. The molecule has 2 aromatic rings. The summed E-state index contributed by atoms with van der Waals surface area (Å²) < 4.78 is 0. The minimum absolute atomic E-state index is 0.314. The summed E-state index contributed by atoms with van der Waals surface area (Å²) in [5, 5.41) is 0.744. The van der Waals surface area contributed by atoms with Crippen molar-refractivity contribution < 1.29 is 4.79 Å². The Bertz CT molecular complexity index is 638. The van der Waals surface area contributed by atoms with E-state index >= 15 is 0 Å². The zero-order chi connectivity index (χ0) is 14.7. The van der Waals surface area contributed by atoms with E-state index < -0.39 is 0 Å². The summed E-state index contributed by atoms with van der Waals surface area (Å²) in [5.74, 6) is 0.433. The molecule has 104 valence electrons. The molecule has 0 heterocycles. The van der Waals surface area contributed by atoms with Crippen LogP contribution in [0.2, 0.25) is 10.0 Å². The molecule has 0 unspecified atom stereocenters. The van der Waals surface area contributed by atoms with Gasteiger partial charge in [0.25, 0.3) is 0 Å². The van der Waals surface area contributed by atoms with Gasteiger partial charge in [-0.15, -0.1) is 0 Å². The second-order valence-corrected chi connectivity index (χ2v) is 6.53. The lowest BCUT2D eigenvalue weighted by Crippen LogP contribution is -1.91. The molecule has 0 spiro atoms. The van der Waals surface area contributed by atoms with Gasteiger partial charge in [-0.25, -0.2) is 0 Å². The van der Waals surface area contributed by atoms with Crippen molar-refractivity contribution in [2.75, 3.05) is 0 Å². The third-order valence-electron chi connectivity index (χ3n) is 2.96. The van der Waals surface area contributed by atoms with E-state index in [1.165, 1.54) is 5.56 Å². The van der Waals surface area contributed by atoms with E-state index in [2.05, 4.69) is 26.0 Å². The maximum atomic E-state index is 10.8. The molecule has 0 amide bonds. The molecule has 0 radical (unpaired) electrons. The predicted molar refractivity (Wildman–Crippen MR) is 86.5 cm³/mol. The highest BCUT2D eigenvalue weighted by atomic mass is 35.5. The Labute approximate surface area is 133 Å². The number of halogens is 2. The quantitative estimate of drug-likeness (QED) is 0.634. The standard InChI is InChI=1S/C16H14Cl2OS/c1-10(2)12-5-3-4-6-13(12)20-14-8-7-11(9-19)15(17)16(14)18/h3-10H,1-2H3. The number of carbonyl (C=O) groups is 1. The topological polar surface area (TPSA) is 17.1 Å². The third kappa shape index (κ3) is 3.20. The molecule has 0 aliphatic rings. The first-order valence-electron chi connectivity index (χ1n) is 6.24. The lowest BCUT2D eigenvalue weighted by molar-refractivity contribution is 0.112. The zero-order valence-electron chi connectivity index (χ0n) is 11.2. The van der Waals surface area contributed by atoms with Crippen molar-refractivity contribution in [3.8, 4) is 0 Å². The predicted octanol–water partition coefficient (Wildman–Crippen LogP) is 6.08. The van der Waals surface area contributed by atoms with E-state index in [4.69, 9.17) is 23.2 Å². The highest BCUT2D eigenvalue weighted by Gasteiger charge is 2.13. The Morgan fingerprint density at radius 3 is 2.35 bits per heavy atom. The normalized spacial score (nSPS) is 10.8. The van der Waals surface area contributed by atoms with Crippen molar-refractivity contribution in [1.82, 2.24) is 0 Å². The molecule has 0 aliphatic heterocycles. The molecule has 0 N–H and O–H groups in total. The molecule has 2 aromatic carbocycles. The van der Waals surface area contributed by atoms with Gasteiger partial charge in [-0.05, 0) is 29.7 Å². The van der Waals surface area contributed by atoms with E-state index in [-0.39, 0.29) is 0 Å². The van der Waals surface area contributed by atoms with Gasteiger partial charge in [-0.2, -0.15) is 0 Å². The van der Waals surface area contributed by atoms with Gasteiger partial charge in [0.05, 0.1) is 10.0 Å². The SMILES string of the molecule is CC(C)c1ccccc1Sc1ccc(C=O)c(Cl)c1Cl. The lowest BCUT2D eigenvalue weighted by Gasteiger charge is -2.13. The van der Waals surface area contributed by atoms with Gasteiger partial charge in [0.2, 0.25) is 0 Å². The Morgan fingerprint density at radius 1 is 1.00 bits per heavy atom. The Balaban J connectivity index is 2.41. The van der Waals surface area contributed by atoms with Crippen LogP contribution in [0.25, 0.3) is 0 Å². The van der Waals surface area contributed by atoms with Crippen molar-refractivity contribution in [3.05, 3.63) is 57.6 Å². The molecular weight excluding hydrogens is 311 g/mol. The van der Waals surface area contributed by atoms with Crippen LogP contribution in [0, 0.1) is 0 Å². The first-order valence-corrected chi connectivity index (χ1v) is 7.81. The molecule has 0 saturated heterocycles. The van der Waals surface area contributed by atoms with Crippen LogP contribution in [0.15, 0.2) is 46.2 Å². The average Bonchev–Trinajstić information content (AvgIpc) is 2.44. The summed E-state index contributed by atoms with van der Waals surface area (Å²) in [6.07, 6.45) is 0.713. The second-order valence-electron chi connectivity index (χ2n) is 4.69. The van der Waals surface area contributed by atoms with E-state index in [1.54, 1.807) is 17.8 Å². The van der Waals surface area contributed by atoms with Crippen LogP contribution >= 0.6 is 35.0 Å². The van der Waals surface area contributed by atoms with Crippen LogP contribution in [-0.2, 0) is 0 Å². The molecule has 0 aromatic heterocycles. The molecule has 0 bridgehead atoms. The largest absolute Gasteiger partial charge is 0.298 e. The van der Waals surface area contributed by atoms with Crippen LogP contribution in [0.1, 0.15) is 35.7 Å². The highest BCUT2D eigenvalue weighted by molar-refractivity contribution is 7.99. The van der Waals surface area contributed by atoms with Crippen molar-refractivity contribution in [3.63, 3.8) is 0 Å². The Hall–Kier alpha value is -0.960. The number of rotatable bonds is 4. The fourth-order valence-electron chi connectivity index (χ4n) is 1.89. The first-order chi connectivity index (χ1) is 9.54. The fourth-order valence-corrected chi connectivity index (χ4v) is 3.57. The zero-order valence-corrected chi connectivity index (χ0v) is 13.5. The monoisotopic (exact) mass is 324 g/mol. The summed E-state index contributed by atoms with van der Waals surface area (Å²) in [4.78, 5) is 12.9. The number of hydrogen-bond donors (Lipinski definition) is 0. The van der Waals surface area contributed by atoms with E-state index in [9.17, 15) is 4.79 Å². The highest BCUT2D eigenvalue weighted by Crippen LogP contribution is 2.40. The van der Waals surface area contributed by atoms with Crippen LogP contribution in [0.4, 0.5) is 0 Å². The molecule has 0 saturated carbocycles. The van der Waals surface area contributed by atoms with Crippen LogP contribution in [-0.4, -0.2) is 6.29 Å². The Kier molecular flexibility index (Phi) is 5.14. The van der Waals surface area contributed by atoms with E-state index in [1.807, 2.05) is 18.2 Å². The van der Waals surface area contributed by atoms with Gasteiger partial charge in [-0.3, -0.25) is 4.79 Å². The summed E-state index contributed by atoms with van der Waals surface area (Å²) in [7, 11) is 0. The molecule has 4 heteroatoms. The van der Waals surface area contributed by atoms with E-state index in [0.717, 1.165) is 9.79 Å². The van der Waals surface area contributed by atoms with Crippen molar-refractivity contribution in [1.29, 1.82) is 0 Å². The second kappa shape index (κ2) is 6.66. The van der Waals surface area contributed by atoms with Gasteiger partial charge in [-0.1, -0.05) is 67.0 Å². The first kappa shape index (κ1) is 15.4. The maximum absolute atomic E-state index is 10.8. The van der Waals surface area contributed by atoms with Gasteiger partial charge >= 0.3 is 0 Å². The lowest BCUT2D eigenvalue weighted by atomic mass is 10.0. The van der Waals surface area contributed by atoms with Gasteiger partial charge in [0.15, 0.2) is 6.29 Å². The van der Waals surface area contributed by atoms with Crippen molar-refractivity contribution >= 4 is 41.2 Å². The smallest absolute Gasteiger partial charge is 0.151 e. The number of aldehydes is 1. The van der Waals surface area contributed by atoms with Gasteiger partial charge in [0, 0.05) is 15.4 Å². The summed E-state index contributed by atoms with van der Waals surface area (Å²) >= 11 is 13.9. The summed E-state index contributed by atoms with van der Waals surface area (Å²) in [6, 6.07) is 11.7. The molecule has 20 heavy (non-hydrogen) atoms. The summed E-state index contributed by atoms with van der Waals surface area (Å²) in [5.41, 5.74) is 1.68. The number of hydrogen-bond acceptors (Lipinski definition) is 2. The van der Waals surface area contributed by atoms with Gasteiger partial charge < -0.3 is 0 Å². The van der Waals surface area contributed by atoms with Crippen LogP contribution < -0.4 is 0 Å². The molecule has 1 nitrogen and oxygen atoms in total. The van der Waals surface area contributed by atoms with Crippen LogP contribution in [0.5, 0.6) is 0 Å².